The van der Waals surface area contributed by atoms with Crippen LogP contribution in [-0.4, -0.2) is 30.8 Å². The van der Waals surface area contributed by atoms with Gasteiger partial charge in [0.25, 0.3) is 0 Å². The summed E-state index contributed by atoms with van der Waals surface area (Å²) >= 11 is 1.82. The molecule has 0 spiro atoms. The molecule has 6 nitrogen and oxygen atoms in total. The van der Waals surface area contributed by atoms with Crippen molar-refractivity contribution in [1.29, 1.82) is 0 Å². The van der Waals surface area contributed by atoms with Crippen molar-refractivity contribution >= 4 is 29.6 Å². The van der Waals surface area contributed by atoms with Crippen LogP contribution in [-0.2, 0) is 14.2 Å². The number of aryl methyl sites for hydroxylation is 1. The number of anilines is 1. The number of nitrogens with zero attached hydrogens (tertiary/aromatic N) is 1. The number of benzene rings is 2. The van der Waals surface area contributed by atoms with Crippen LogP contribution in [0, 0.1) is 6.92 Å². The number of hydrogen-bond acceptors (Lipinski definition) is 7. The molecule has 2 aromatic rings. The summed E-state index contributed by atoms with van der Waals surface area (Å²) in [5.41, 5.74) is 4.52. The van der Waals surface area contributed by atoms with E-state index in [-0.39, 0.29) is 11.5 Å². The first kappa shape index (κ1) is 21.8. The number of carbonyl (C=O) groups excluding carboxylic acids is 2. The zero-order valence-corrected chi connectivity index (χ0v) is 18.1. The number of carbonyl (C=O) groups is 2. The van der Waals surface area contributed by atoms with Gasteiger partial charge in [0.05, 0.1) is 11.7 Å². The van der Waals surface area contributed by atoms with E-state index in [4.69, 9.17) is 14.2 Å². The highest BCUT2D eigenvalue weighted by Crippen LogP contribution is 2.46. The van der Waals surface area contributed by atoms with Crippen molar-refractivity contribution in [2.24, 2.45) is 0 Å². The lowest BCUT2D eigenvalue weighted by Gasteiger charge is -2.28. The number of rotatable bonds is 6. The fourth-order valence-corrected chi connectivity index (χ4v) is 4.39. The summed E-state index contributed by atoms with van der Waals surface area (Å²) < 4.78 is 14.6. The van der Waals surface area contributed by atoms with Gasteiger partial charge in [0, 0.05) is 17.1 Å². The van der Waals surface area contributed by atoms with Crippen LogP contribution in [0.4, 0.5) is 10.5 Å². The molecule has 2 aromatic carbocycles. The van der Waals surface area contributed by atoms with Crippen molar-refractivity contribution in [3.05, 3.63) is 77.5 Å². The summed E-state index contributed by atoms with van der Waals surface area (Å²) in [5.74, 6) is 0.267. The maximum Gasteiger partial charge on any atom is 0.511 e. The lowest BCUT2D eigenvalue weighted by molar-refractivity contribution is -0.0344. The van der Waals surface area contributed by atoms with Gasteiger partial charge in [-0.3, -0.25) is 0 Å². The molecule has 158 valence electrons. The summed E-state index contributed by atoms with van der Waals surface area (Å²) in [6.45, 7) is 9.07. The Bertz CT molecular complexity index is 928. The minimum absolute atomic E-state index is 0.135. The highest BCUT2D eigenvalue weighted by Gasteiger charge is 2.31. The van der Waals surface area contributed by atoms with Crippen molar-refractivity contribution in [1.82, 2.24) is 0 Å². The van der Waals surface area contributed by atoms with E-state index in [1.807, 2.05) is 43.0 Å². The van der Waals surface area contributed by atoms with Gasteiger partial charge in [-0.2, -0.15) is 0 Å². The molecule has 1 atom stereocenters. The minimum Gasteiger partial charge on any atom is -0.431 e. The van der Waals surface area contributed by atoms with E-state index < -0.39 is 18.9 Å². The molecule has 30 heavy (non-hydrogen) atoms. The predicted molar refractivity (Wildman–Crippen MR) is 117 cm³/mol. The largest absolute Gasteiger partial charge is 0.511 e. The van der Waals surface area contributed by atoms with Crippen LogP contribution in [0.3, 0.4) is 0 Å². The van der Waals surface area contributed by atoms with Gasteiger partial charge < -0.3 is 19.1 Å². The van der Waals surface area contributed by atoms with E-state index in [1.165, 1.54) is 5.56 Å². The lowest BCUT2D eigenvalue weighted by atomic mass is 10.1. The molecule has 0 radical (unpaired) electrons. The molecule has 7 heteroatoms. The normalized spacial score (nSPS) is 15.9. The van der Waals surface area contributed by atoms with E-state index in [9.17, 15) is 9.59 Å². The van der Waals surface area contributed by atoms with Crippen LogP contribution in [0.5, 0.6) is 0 Å². The number of thioether (sulfide) groups is 1. The first-order valence-electron chi connectivity index (χ1n) is 9.61. The molecule has 3 rings (SSSR count). The Morgan fingerprint density at radius 2 is 1.90 bits per heavy atom. The van der Waals surface area contributed by atoms with Crippen LogP contribution >= 0.6 is 11.8 Å². The van der Waals surface area contributed by atoms with Gasteiger partial charge in [-0.1, -0.05) is 36.9 Å². The average Bonchev–Trinajstić information content (AvgIpc) is 3.09. The van der Waals surface area contributed by atoms with E-state index in [0.29, 0.717) is 5.56 Å². The van der Waals surface area contributed by atoms with Crippen molar-refractivity contribution < 1.29 is 23.8 Å². The topological polar surface area (TPSA) is 65.1 Å². The van der Waals surface area contributed by atoms with Crippen LogP contribution in [0.2, 0.25) is 0 Å². The molecule has 0 amide bonds. The molecular formula is C23H25NO5S. The Kier molecular flexibility index (Phi) is 7.05. The quantitative estimate of drug-likeness (QED) is 0.449. The Morgan fingerprint density at radius 3 is 2.57 bits per heavy atom. The first-order chi connectivity index (χ1) is 14.4. The van der Waals surface area contributed by atoms with Crippen molar-refractivity contribution in [3.8, 4) is 0 Å². The third kappa shape index (κ3) is 5.16. The van der Waals surface area contributed by atoms with Gasteiger partial charge >= 0.3 is 12.1 Å². The lowest BCUT2D eigenvalue weighted by Crippen LogP contribution is -2.21. The second kappa shape index (κ2) is 9.71. The van der Waals surface area contributed by atoms with E-state index >= 15 is 0 Å². The summed E-state index contributed by atoms with van der Waals surface area (Å²) in [6.07, 6.45) is -1.18. The van der Waals surface area contributed by atoms with Gasteiger partial charge in [-0.25, -0.2) is 9.59 Å². The third-order valence-electron chi connectivity index (χ3n) is 4.46. The zero-order chi connectivity index (χ0) is 21.7. The van der Waals surface area contributed by atoms with Gasteiger partial charge in [-0.05, 0) is 50.1 Å². The smallest absolute Gasteiger partial charge is 0.431 e. The highest BCUT2D eigenvalue weighted by molar-refractivity contribution is 8.00. The maximum atomic E-state index is 12.3. The Labute approximate surface area is 180 Å². The molecule has 0 bridgehead atoms. The van der Waals surface area contributed by atoms with E-state index in [0.717, 1.165) is 22.7 Å². The fraction of sp³-hybridized carbons (Fsp3) is 0.304. The van der Waals surface area contributed by atoms with E-state index in [2.05, 4.69) is 23.6 Å². The average molecular weight is 428 g/mol. The van der Waals surface area contributed by atoms with E-state index in [1.54, 1.807) is 26.0 Å². The summed E-state index contributed by atoms with van der Waals surface area (Å²) in [4.78, 5) is 25.8. The molecule has 1 saturated heterocycles. The van der Waals surface area contributed by atoms with Crippen LogP contribution in [0.15, 0.2) is 60.8 Å². The standard InChI is InChI=1S/C23H25NO5S/c1-15(2)29-23(26)28-14-27-22(25)19-10-11-20(16(3)12-19)24-17(4)13-30-21(24)18-8-6-5-7-9-18/h5-12,15,21H,4,13-14H2,1-3H3. The Hall–Kier alpha value is -2.93. The fourth-order valence-electron chi connectivity index (χ4n) is 3.14. The molecule has 0 aromatic heterocycles. The van der Waals surface area contributed by atoms with Crippen LogP contribution in [0.1, 0.15) is 40.7 Å². The summed E-state index contributed by atoms with van der Waals surface area (Å²) in [7, 11) is 0. The summed E-state index contributed by atoms with van der Waals surface area (Å²) in [5, 5.41) is 0.135. The number of ether oxygens (including phenoxy) is 3. The predicted octanol–water partition coefficient (Wildman–Crippen LogP) is 5.44. The molecule has 1 aliphatic rings. The Balaban J connectivity index is 1.69. The first-order valence-corrected chi connectivity index (χ1v) is 10.7. The van der Waals surface area contributed by atoms with Gasteiger partial charge in [0.2, 0.25) is 6.79 Å². The molecule has 1 fully saturated rings. The van der Waals surface area contributed by atoms with Crippen molar-refractivity contribution in [3.63, 3.8) is 0 Å². The second-order valence-electron chi connectivity index (χ2n) is 7.12. The second-order valence-corrected chi connectivity index (χ2v) is 8.19. The molecule has 1 unspecified atom stereocenters. The van der Waals surface area contributed by atoms with Gasteiger partial charge in [0.15, 0.2) is 0 Å². The van der Waals surface area contributed by atoms with Crippen LogP contribution < -0.4 is 4.90 Å². The highest BCUT2D eigenvalue weighted by atomic mass is 32.2. The molecule has 1 heterocycles. The Morgan fingerprint density at radius 1 is 1.17 bits per heavy atom. The van der Waals surface area contributed by atoms with Crippen molar-refractivity contribution in [2.75, 3.05) is 17.4 Å². The molecule has 0 saturated carbocycles. The monoisotopic (exact) mass is 427 g/mol. The molecule has 0 aliphatic carbocycles. The molecular weight excluding hydrogens is 402 g/mol. The van der Waals surface area contributed by atoms with Gasteiger partial charge in [0.1, 0.15) is 5.37 Å². The maximum absolute atomic E-state index is 12.3. The summed E-state index contributed by atoms with van der Waals surface area (Å²) in [6, 6.07) is 15.6. The number of esters is 1. The molecule has 0 N–H and O–H groups in total. The van der Waals surface area contributed by atoms with Crippen LogP contribution in [0.25, 0.3) is 0 Å². The van der Waals surface area contributed by atoms with Gasteiger partial charge in [-0.15, -0.1) is 11.8 Å². The minimum atomic E-state index is -0.874. The SMILES string of the molecule is C=C1CSC(c2ccccc2)N1c1ccc(C(=O)OCOC(=O)OC(C)C)cc1C. The third-order valence-corrected chi connectivity index (χ3v) is 5.76. The van der Waals surface area contributed by atoms with Crippen molar-refractivity contribution in [2.45, 2.75) is 32.2 Å². The number of hydrogen-bond donors (Lipinski definition) is 0. The zero-order valence-electron chi connectivity index (χ0n) is 17.3. The molecule has 1 aliphatic heterocycles.